The van der Waals surface area contributed by atoms with Gasteiger partial charge in [0, 0.05) is 28.0 Å². The number of thiazole rings is 1. The van der Waals surface area contributed by atoms with Crippen LogP contribution < -0.4 is 10.6 Å². The van der Waals surface area contributed by atoms with E-state index in [1.807, 2.05) is 54.7 Å². The zero-order chi connectivity index (χ0) is 16.8. The van der Waals surface area contributed by atoms with E-state index in [0.29, 0.717) is 12.2 Å². The van der Waals surface area contributed by atoms with Gasteiger partial charge in [0.15, 0.2) is 0 Å². The van der Waals surface area contributed by atoms with Crippen molar-refractivity contribution in [1.29, 1.82) is 0 Å². The summed E-state index contributed by atoms with van der Waals surface area (Å²) in [4.78, 5) is 16.8. The van der Waals surface area contributed by atoms with E-state index in [0.717, 1.165) is 21.1 Å². The van der Waals surface area contributed by atoms with Crippen LogP contribution in [0.3, 0.4) is 0 Å². The third-order valence-corrected chi connectivity index (χ3v) is 4.38. The monoisotopic (exact) mass is 339 g/mol. The van der Waals surface area contributed by atoms with Gasteiger partial charge in [-0.15, -0.1) is 11.3 Å². The first kappa shape index (κ1) is 16.2. The van der Waals surface area contributed by atoms with E-state index in [-0.39, 0.29) is 0 Å². The first-order valence-corrected chi connectivity index (χ1v) is 8.31. The second kappa shape index (κ2) is 7.72. The predicted octanol–water partition coefficient (Wildman–Crippen LogP) is 3.35. The lowest BCUT2D eigenvalue weighted by Crippen LogP contribution is -2.15. The third kappa shape index (κ3) is 4.18. The summed E-state index contributed by atoms with van der Waals surface area (Å²) in [6, 6.07) is 17.5. The minimum atomic E-state index is -0.527. The molecule has 1 aromatic heterocycles. The number of nitrogens with one attached hydrogen (secondary N) is 2. The van der Waals surface area contributed by atoms with Crippen LogP contribution in [0.25, 0.3) is 10.6 Å². The van der Waals surface area contributed by atoms with Crippen molar-refractivity contribution in [3.8, 4) is 10.6 Å². The second-order valence-corrected chi connectivity index (χ2v) is 6.25. The fourth-order valence-corrected chi connectivity index (χ4v) is 3.06. The molecule has 0 aliphatic heterocycles. The number of anilines is 2. The number of aliphatic hydroxyl groups excluding tert-OH is 1. The molecule has 1 heterocycles. The molecule has 122 valence electrons. The van der Waals surface area contributed by atoms with Gasteiger partial charge in [0.05, 0.1) is 6.54 Å². The van der Waals surface area contributed by atoms with Gasteiger partial charge < -0.3 is 15.7 Å². The van der Waals surface area contributed by atoms with Gasteiger partial charge in [-0.1, -0.05) is 36.4 Å². The Bertz CT molecular complexity index is 818. The van der Waals surface area contributed by atoms with Crippen LogP contribution in [0.1, 0.15) is 4.88 Å². The summed E-state index contributed by atoms with van der Waals surface area (Å²) in [6.45, 7) is 0.128. The van der Waals surface area contributed by atoms with E-state index in [1.165, 1.54) is 0 Å². The maximum Gasteiger partial charge on any atom is 0.250 e. The van der Waals surface area contributed by atoms with Gasteiger partial charge in [0.1, 0.15) is 11.6 Å². The van der Waals surface area contributed by atoms with Gasteiger partial charge in [-0.3, -0.25) is 4.79 Å². The molecule has 3 rings (SSSR count). The van der Waals surface area contributed by atoms with Gasteiger partial charge in [-0.25, -0.2) is 4.98 Å². The van der Waals surface area contributed by atoms with E-state index < -0.39 is 12.5 Å². The average Bonchev–Trinajstić information content (AvgIpc) is 3.10. The molecule has 0 bridgehead atoms. The van der Waals surface area contributed by atoms with Gasteiger partial charge in [-0.05, 0) is 18.2 Å². The topological polar surface area (TPSA) is 74.2 Å². The zero-order valence-electron chi connectivity index (χ0n) is 12.9. The summed E-state index contributed by atoms with van der Waals surface area (Å²) in [6.07, 6.45) is 1.87. The van der Waals surface area contributed by atoms with Gasteiger partial charge in [0.25, 0.3) is 0 Å². The average molecular weight is 339 g/mol. The number of rotatable bonds is 6. The van der Waals surface area contributed by atoms with Crippen molar-refractivity contribution in [1.82, 2.24) is 4.98 Å². The lowest BCUT2D eigenvalue weighted by Gasteiger charge is -2.08. The van der Waals surface area contributed by atoms with Crippen molar-refractivity contribution < 1.29 is 9.90 Å². The number of benzene rings is 2. The van der Waals surface area contributed by atoms with E-state index in [4.69, 9.17) is 5.11 Å². The smallest absolute Gasteiger partial charge is 0.250 e. The van der Waals surface area contributed by atoms with Gasteiger partial charge >= 0.3 is 0 Å². The number of nitrogens with zero attached hydrogens (tertiary/aromatic N) is 1. The Morgan fingerprint density at radius 2 is 1.88 bits per heavy atom. The fraction of sp³-hybridized carbons (Fsp3) is 0.111. The van der Waals surface area contributed by atoms with Crippen LogP contribution in [0.2, 0.25) is 0 Å². The lowest BCUT2D eigenvalue weighted by atomic mass is 10.2. The molecule has 0 unspecified atom stereocenters. The number of hydrogen-bond donors (Lipinski definition) is 3. The highest BCUT2D eigenvalue weighted by atomic mass is 32.1. The Kier molecular flexibility index (Phi) is 5.20. The van der Waals surface area contributed by atoms with Crippen LogP contribution in [0, 0.1) is 0 Å². The Balaban J connectivity index is 1.63. The molecule has 2 aromatic carbocycles. The number of aromatic nitrogens is 1. The molecule has 0 saturated carbocycles. The number of amides is 1. The molecule has 24 heavy (non-hydrogen) atoms. The van der Waals surface area contributed by atoms with Crippen LogP contribution in [0.4, 0.5) is 11.4 Å². The van der Waals surface area contributed by atoms with E-state index in [2.05, 4.69) is 15.6 Å². The molecule has 0 spiro atoms. The zero-order valence-corrected chi connectivity index (χ0v) is 13.7. The highest BCUT2D eigenvalue weighted by Gasteiger charge is 2.05. The molecule has 3 aromatic rings. The lowest BCUT2D eigenvalue weighted by molar-refractivity contribution is -0.118. The van der Waals surface area contributed by atoms with Crippen molar-refractivity contribution in [2.75, 3.05) is 17.2 Å². The summed E-state index contributed by atoms with van der Waals surface area (Å²) >= 11 is 1.65. The molecule has 0 aliphatic carbocycles. The summed E-state index contributed by atoms with van der Waals surface area (Å²) in [5.74, 6) is -0.429. The van der Waals surface area contributed by atoms with Crippen molar-refractivity contribution in [3.05, 3.63) is 65.7 Å². The van der Waals surface area contributed by atoms with Gasteiger partial charge in [-0.2, -0.15) is 0 Å². The number of carbonyl (C=O) groups excluding carboxylic acids is 1. The Hall–Kier alpha value is -2.70. The summed E-state index contributed by atoms with van der Waals surface area (Å²) < 4.78 is 0. The van der Waals surface area contributed by atoms with Crippen molar-refractivity contribution in [2.24, 2.45) is 0 Å². The fourth-order valence-electron chi connectivity index (χ4n) is 2.20. The molecule has 3 N–H and O–H groups in total. The van der Waals surface area contributed by atoms with Crippen molar-refractivity contribution >= 4 is 28.6 Å². The Morgan fingerprint density at radius 1 is 1.08 bits per heavy atom. The predicted molar refractivity (Wildman–Crippen MR) is 97.0 cm³/mol. The van der Waals surface area contributed by atoms with Crippen LogP contribution in [0.15, 0.2) is 60.8 Å². The van der Waals surface area contributed by atoms with Crippen LogP contribution in [-0.2, 0) is 11.3 Å². The third-order valence-electron chi connectivity index (χ3n) is 3.33. The summed E-state index contributed by atoms with van der Waals surface area (Å²) in [5.41, 5.74) is 2.65. The minimum absolute atomic E-state index is 0.429. The maximum atomic E-state index is 11.2. The molecule has 0 radical (unpaired) electrons. The van der Waals surface area contributed by atoms with Crippen molar-refractivity contribution in [2.45, 2.75) is 6.54 Å². The number of aliphatic hydroxyl groups is 1. The molecule has 0 fully saturated rings. The number of hydrogen-bond acceptors (Lipinski definition) is 5. The molecule has 6 heteroatoms. The molecular formula is C18H17N3O2S. The standard InChI is InChI=1S/C18H17N3O2S/c22-12-17(23)21-15-8-4-7-14(9-15)19-10-16-11-20-18(24-16)13-5-2-1-3-6-13/h1-9,11,19,22H,10,12H2,(H,21,23). The first-order valence-electron chi connectivity index (χ1n) is 7.49. The highest BCUT2D eigenvalue weighted by molar-refractivity contribution is 7.15. The quantitative estimate of drug-likeness (QED) is 0.644. The maximum absolute atomic E-state index is 11.2. The molecular weight excluding hydrogens is 322 g/mol. The SMILES string of the molecule is O=C(CO)Nc1cccc(NCc2cnc(-c3ccccc3)s2)c1. The molecule has 5 nitrogen and oxygen atoms in total. The minimum Gasteiger partial charge on any atom is -0.387 e. The summed E-state index contributed by atoms with van der Waals surface area (Å²) in [7, 11) is 0. The molecule has 1 amide bonds. The molecule has 0 saturated heterocycles. The molecule has 0 aliphatic rings. The van der Waals surface area contributed by atoms with Crippen LogP contribution in [0.5, 0.6) is 0 Å². The Labute approximate surface area is 144 Å². The van der Waals surface area contributed by atoms with Gasteiger partial charge in [0.2, 0.25) is 5.91 Å². The second-order valence-electron chi connectivity index (χ2n) is 5.14. The van der Waals surface area contributed by atoms with E-state index >= 15 is 0 Å². The molecule has 0 atom stereocenters. The first-order chi connectivity index (χ1) is 11.7. The van der Waals surface area contributed by atoms with E-state index in [9.17, 15) is 4.79 Å². The number of carbonyl (C=O) groups is 1. The van der Waals surface area contributed by atoms with Crippen molar-refractivity contribution in [3.63, 3.8) is 0 Å². The van der Waals surface area contributed by atoms with E-state index in [1.54, 1.807) is 17.4 Å². The van der Waals surface area contributed by atoms with Crippen LogP contribution in [-0.4, -0.2) is 22.6 Å². The summed E-state index contributed by atoms with van der Waals surface area (Å²) in [5, 5.41) is 15.7. The highest BCUT2D eigenvalue weighted by Crippen LogP contribution is 2.25. The van der Waals surface area contributed by atoms with Crippen LogP contribution >= 0.6 is 11.3 Å². The largest absolute Gasteiger partial charge is 0.387 e. The Morgan fingerprint density at radius 3 is 2.67 bits per heavy atom. The normalized spacial score (nSPS) is 10.4.